The van der Waals surface area contributed by atoms with Crippen molar-refractivity contribution in [3.05, 3.63) is 71.4 Å². The zero-order chi connectivity index (χ0) is 20.1. The first-order valence-electron chi connectivity index (χ1n) is 8.48. The van der Waals surface area contributed by atoms with Crippen LogP contribution in [0.1, 0.15) is 22.7 Å². The predicted octanol–water partition coefficient (Wildman–Crippen LogP) is 5.07. The van der Waals surface area contributed by atoms with Crippen LogP contribution in [0.5, 0.6) is 0 Å². The maximum Gasteiger partial charge on any atom is 0.416 e. The Kier molecular flexibility index (Phi) is 4.45. The van der Waals surface area contributed by atoms with Crippen LogP contribution in [0.3, 0.4) is 0 Å². The quantitative estimate of drug-likeness (QED) is 0.612. The number of halogens is 3. The first-order chi connectivity index (χ1) is 13.3. The zero-order valence-corrected chi connectivity index (χ0v) is 15.6. The SMILES string of the molecule is CN1C(=O)SC(=O)C1c1cn(Cc2ccccc2C(F)(F)F)c2ccccc12. The molecule has 1 fully saturated rings. The average molecular weight is 404 g/mol. The number of rotatable bonds is 3. The van der Waals surface area contributed by atoms with Crippen molar-refractivity contribution < 1.29 is 22.8 Å². The van der Waals surface area contributed by atoms with E-state index in [9.17, 15) is 22.8 Å². The molecule has 4 nitrogen and oxygen atoms in total. The van der Waals surface area contributed by atoms with Crippen molar-refractivity contribution in [3.63, 3.8) is 0 Å². The first kappa shape index (κ1) is 18.6. The number of carbonyl (C=O) groups is 2. The van der Waals surface area contributed by atoms with Crippen LogP contribution in [0.25, 0.3) is 10.9 Å². The van der Waals surface area contributed by atoms with E-state index in [4.69, 9.17) is 0 Å². The van der Waals surface area contributed by atoms with Gasteiger partial charge < -0.3 is 9.47 Å². The summed E-state index contributed by atoms with van der Waals surface area (Å²) in [5.74, 6) is 0. The summed E-state index contributed by atoms with van der Waals surface area (Å²) >= 11 is 0.649. The molecular formula is C20H15F3N2O2S. The maximum absolute atomic E-state index is 13.4. The molecule has 144 valence electrons. The topological polar surface area (TPSA) is 42.3 Å². The highest BCUT2D eigenvalue weighted by atomic mass is 32.2. The third-order valence-electron chi connectivity index (χ3n) is 4.86. The van der Waals surface area contributed by atoms with Gasteiger partial charge in [0.15, 0.2) is 0 Å². The summed E-state index contributed by atoms with van der Waals surface area (Å²) in [6, 6.07) is 11.9. The predicted molar refractivity (Wildman–Crippen MR) is 101 cm³/mol. The second kappa shape index (κ2) is 6.70. The molecule has 0 aliphatic carbocycles. The van der Waals surface area contributed by atoms with Crippen LogP contribution in [0.15, 0.2) is 54.7 Å². The van der Waals surface area contributed by atoms with Crippen molar-refractivity contribution in [1.29, 1.82) is 0 Å². The molecule has 0 radical (unpaired) electrons. The lowest BCUT2D eigenvalue weighted by molar-refractivity contribution is -0.138. The molecule has 4 rings (SSSR count). The van der Waals surface area contributed by atoms with E-state index in [1.54, 1.807) is 42.1 Å². The molecule has 0 spiro atoms. The summed E-state index contributed by atoms with van der Waals surface area (Å²) < 4.78 is 41.8. The number of benzene rings is 2. The van der Waals surface area contributed by atoms with Gasteiger partial charge in [0, 0.05) is 48.0 Å². The second-order valence-corrected chi connectivity index (χ2v) is 7.54. The minimum atomic E-state index is -4.45. The Morgan fingerprint density at radius 2 is 1.71 bits per heavy atom. The Hall–Kier alpha value is -2.74. The molecule has 1 aliphatic rings. The molecule has 28 heavy (non-hydrogen) atoms. The van der Waals surface area contributed by atoms with Gasteiger partial charge in [-0.3, -0.25) is 9.59 Å². The van der Waals surface area contributed by atoms with Gasteiger partial charge in [0.2, 0.25) is 5.12 Å². The molecule has 0 N–H and O–H groups in total. The number of aromatic nitrogens is 1. The molecule has 1 saturated heterocycles. The number of hydrogen-bond acceptors (Lipinski definition) is 3. The number of likely N-dealkylation sites (N-methyl/N-ethyl adjacent to an activating group) is 1. The number of fused-ring (bicyclic) bond motifs is 1. The molecule has 1 aromatic heterocycles. The number of thioether (sulfide) groups is 1. The minimum Gasteiger partial charge on any atom is -0.343 e. The molecule has 0 saturated carbocycles. The maximum atomic E-state index is 13.4. The fraction of sp³-hybridized carbons (Fsp3) is 0.200. The molecule has 2 heterocycles. The van der Waals surface area contributed by atoms with E-state index in [0.717, 1.165) is 11.5 Å². The third kappa shape index (κ3) is 3.07. The van der Waals surface area contributed by atoms with Crippen molar-refractivity contribution in [2.75, 3.05) is 7.05 Å². The van der Waals surface area contributed by atoms with E-state index >= 15 is 0 Å². The van der Waals surface area contributed by atoms with Crippen LogP contribution >= 0.6 is 11.8 Å². The summed E-state index contributed by atoms with van der Waals surface area (Å²) in [5.41, 5.74) is 0.777. The highest BCUT2D eigenvalue weighted by Crippen LogP contribution is 2.39. The van der Waals surface area contributed by atoms with Crippen LogP contribution < -0.4 is 0 Å². The number of hydrogen-bond donors (Lipinski definition) is 0. The van der Waals surface area contributed by atoms with E-state index in [1.165, 1.54) is 17.0 Å². The van der Waals surface area contributed by atoms with Gasteiger partial charge in [-0.25, -0.2) is 0 Å². The smallest absolute Gasteiger partial charge is 0.343 e. The number of para-hydroxylation sites is 1. The normalized spacial score (nSPS) is 17.7. The first-order valence-corrected chi connectivity index (χ1v) is 9.30. The Balaban J connectivity index is 1.83. The number of carbonyl (C=O) groups excluding carboxylic acids is 2. The summed E-state index contributed by atoms with van der Waals surface area (Å²) in [5, 5.41) is 0.118. The van der Waals surface area contributed by atoms with E-state index < -0.39 is 17.8 Å². The summed E-state index contributed by atoms with van der Waals surface area (Å²) in [7, 11) is 1.55. The molecule has 8 heteroatoms. The fourth-order valence-corrected chi connectivity index (χ4v) is 4.37. The number of nitrogens with zero attached hydrogens (tertiary/aromatic N) is 2. The average Bonchev–Trinajstić information content (AvgIpc) is 3.11. The van der Waals surface area contributed by atoms with Crippen LogP contribution in [0.2, 0.25) is 0 Å². The van der Waals surface area contributed by atoms with Gasteiger partial charge in [-0.2, -0.15) is 13.2 Å². The van der Waals surface area contributed by atoms with Gasteiger partial charge in [-0.05, 0) is 17.7 Å². The van der Waals surface area contributed by atoms with E-state index in [0.29, 0.717) is 22.8 Å². The van der Waals surface area contributed by atoms with Crippen molar-refractivity contribution >= 4 is 33.0 Å². The summed E-state index contributed by atoms with van der Waals surface area (Å²) in [6.07, 6.45) is -2.77. The molecule has 1 unspecified atom stereocenters. The van der Waals surface area contributed by atoms with Crippen LogP contribution in [-0.4, -0.2) is 26.9 Å². The molecule has 1 atom stereocenters. The Bertz CT molecular complexity index is 1090. The Labute approximate surface area is 162 Å². The van der Waals surface area contributed by atoms with Gasteiger partial charge in [0.05, 0.1) is 5.56 Å². The number of amides is 1. The molecule has 1 aliphatic heterocycles. The molecule has 0 bridgehead atoms. The van der Waals surface area contributed by atoms with Gasteiger partial charge in [-0.15, -0.1) is 0 Å². The van der Waals surface area contributed by atoms with Crippen LogP contribution in [0, 0.1) is 0 Å². The van der Waals surface area contributed by atoms with Gasteiger partial charge in [-0.1, -0.05) is 36.4 Å². The van der Waals surface area contributed by atoms with E-state index in [2.05, 4.69) is 0 Å². The lowest BCUT2D eigenvalue weighted by Crippen LogP contribution is -2.23. The lowest BCUT2D eigenvalue weighted by Gasteiger charge is -2.16. The Morgan fingerprint density at radius 1 is 1.04 bits per heavy atom. The molecule has 3 aromatic rings. The van der Waals surface area contributed by atoms with Crippen molar-refractivity contribution in [2.45, 2.75) is 18.8 Å². The Morgan fingerprint density at radius 3 is 2.39 bits per heavy atom. The second-order valence-electron chi connectivity index (χ2n) is 6.58. The van der Waals surface area contributed by atoms with Crippen molar-refractivity contribution in [3.8, 4) is 0 Å². The van der Waals surface area contributed by atoms with Crippen LogP contribution in [-0.2, 0) is 17.5 Å². The summed E-state index contributed by atoms with van der Waals surface area (Å²) in [6.45, 7) is 0.00190. The van der Waals surface area contributed by atoms with Crippen molar-refractivity contribution in [1.82, 2.24) is 9.47 Å². The van der Waals surface area contributed by atoms with Crippen LogP contribution in [0.4, 0.5) is 18.0 Å². The fourth-order valence-electron chi connectivity index (χ4n) is 3.56. The molecule has 1 amide bonds. The minimum absolute atomic E-state index is 0.00190. The van der Waals surface area contributed by atoms with Gasteiger partial charge in [0.25, 0.3) is 5.24 Å². The largest absolute Gasteiger partial charge is 0.416 e. The molecular weight excluding hydrogens is 389 g/mol. The van der Waals surface area contributed by atoms with Crippen molar-refractivity contribution in [2.24, 2.45) is 0 Å². The highest BCUT2D eigenvalue weighted by Gasteiger charge is 2.40. The van der Waals surface area contributed by atoms with E-state index in [1.807, 2.05) is 6.07 Å². The monoisotopic (exact) mass is 404 g/mol. The lowest BCUT2D eigenvalue weighted by atomic mass is 10.1. The molecule has 2 aromatic carbocycles. The zero-order valence-electron chi connectivity index (χ0n) is 14.7. The van der Waals surface area contributed by atoms with E-state index in [-0.39, 0.29) is 22.5 Å². The highest BCUT2D eigenvalue weighted by molar-refractivity contribution is 8.26. The van der Waals surface area contributed by atoms with Gasteiger partial charge in [0.1, 0.15) is 6.04 Å². The number of alkyl halides is 3. The van der Waals surface area contributed by atoms with Gasteiger partial charge >= 0.3 is 6.18 Å². The summed E-state index contributed by atoms with van der Waals surface area (Å²) in [4.78, 5) is 25.6. The standard InChI is InChI=1S/C20H15F3N2O2S/c1-24-17(18(26)28-19(24)27)14-11-25(16-9-5-3-7-13(14)16)10-12-6-2-4-8-15(12)20(21,22)23/h2-9,11,17H,10H2,1H3. The third-order valence-corrected chi connectivity index (χ3v) is 5.75.